The molecular formula is C13H8BrFO2. The summed E-state index contributed by atoms with van der Waals surface area (Å²) < 4.78 is 13.4. The molecule has 2 nitrogen and oxygen atoms in total. The molecule has 0 aliphatic carbocycles. The zero-order chi connectivity index (χ0) is 12.4. The third kappa shape index (κ3) is 2.53. The fourth-order valence-electron chi connectivity index (χ4n) is 1.45. The maximum absolute atomic E-state index is 12.7. The largest absolute Gasteiger partial charge is 0.507 e. The second-order valence-corrected chi connectivity index (χ2v) is 4.41. The zero-order valence-electron chi connectivity index (χ0n) is 8.65. The Morgan fingerprint density at radius 1 is 1.12 bits per heavy atom. The first kappa shape index (κ1) is 11.8. The minimum absolute atomic E-state index is 0.0949. The molecule has 0 spiro atoms. The van der Waals surface area contributed by atoms with E-state index in [9.17, 15) is 14.3 Å². The molecule has 1 N–H and O–H groups in total. The van der Waals surface area contributed by atoms with Gasteiger partial charge < -0.3 is 5.11 Å². The van der Waals surface area contributed by atoms with Gasteiger partial charge in [0.25, 0.3) is 0 Å². The number of benzene rings is 2. The number of hydrogen-bond acceptors (Lipinski definition) is 2. The first-order valence-electron chi connectivity index (χ1n) is 4.87. The summed E-state index contributed by atoms with van der Waals surface area (Å²) in [5.74, 6) is -0.841. The van der Waals surface area contributed by atoms with E-state index in [2.05, 4.69) is 15.9 Å². The summed E-state index contributed by atoms with van der Waals surface area (Å²) in [5.41, 5.74) is 0.519. The van der Waals surface area contributed by atoms with Crippen molar-refractivity contribution in [2.45, 2.75) is 0 Å². The molecule has 2 aromatic carbocycles. The van der Waals surface area contributed by atoms with Crippen LogP contribution in [0, 0.1) is 5.82 Å². The van der Waals surface area contributed by atoms with E-state index in [1.165, 1.54) is 36.4 Å². The maximum atomic E-state index is 12.7. The Labute approximate surface area is 106 Å². The molecule has 0 aromatic heterocycles. The van der Waals surface area contributed by atoms with Crippen LogP contribution in [0.25, 0.3) is 0 Å². The molecule has 0 saturated heterocycles. The first-order valence-corrected chi connectivity index (χ1v) is 5.66. The average molecular weight is 295 g/mol. The summed E-state index contributed by atoms with van der Waals surface area (Å²) in [6.45, 7) is 0. The molecule has 86 valence electrons. The second-order valence-electron chi connectivity index (χ2n) is 3.50. The van der Waals surface area contributed by atoms with Gasteiger partial charge in [-0.05, 0) is 42.5 Å². The minimum Gasteiger partial charge on any atom is -0.507 e. The van der Waals surface area contributed by atoms with Gasteiger partial charge in [-0.2, -0.15) is 0 Å². The van der Waals surface area contributed by atoms with Crippen LogP contribution in [-0.4, -0.2) is 10.9 Å². The molecule has 0 aliphatic heterocycles. The van der Waals surface area contributed by atoms with Gasteiger partial charge in [-0.1, -0.05) is 15.9 Å². The molecule has 0 aliphatic rings. The van der Waals surface area contributed by atoms with Crippen LogP contribution < -0.4 is 0 Å². The van der Waals surface area contributed by atoms with Crippen LogP contribution >= 0.6 is 15.9 Å². The van der Waals surface area contributed by atoms with E-state index in [1.807, 2.05) is 0 Å². The second kappa shape index (κ2) is 4.67. The van der Waals surface area contributed by atoms with Crippen molar-refractivity contribution < 1.29 is 14.3 Å². The number of carbonyl (C=O) groups is 1. The molecule has 0 radical (unpaired) electrons. The summed E-state index contributed by atoms with van der Waals surface area (Å²) in [7, 11) is 0. The number of phenolic OH excluding ortho intramolecular Hbond substituents is 1. The number of rotatable bonds is 2. The van der Waals surface area contributed by atoms with E-state index in [0.717, 1.165) is 0 Å². The van der Waals surface area contributed by atoms with E-state index in [0.29, 0.717) is 10.0 Å². The molecule has 0 fully saturated rings. The molecule has 0 unspecified atom stereocenters. The normalized spacial score (nSPS) is 10.2. The fourth-order valence-corrected chi connectivity index (χ4v) is 1.81. The van der Waals surface area contributed by atoms with Crippen molar-refractivity contribution in [2.75, 3.05) is 0 Å². The average Bonchev–Trinajstić information content (AvgIpc) is 2.32. The molecule has 0 atom stereocenters. The fraction of sp³-hybridized carbons (Fsp3) is 0. The van der Waals surface area contributed by atoms with Gasteiger partial charge >= 0.3 is 0 Å². The number of hydrogen-bond donors (Lipinski definition) is 1. The highest BCUT2D eigenvalue weighted by molar-refractivity contribution is 9.10. The smallest absolute Gasteiger partial charge is 0.196 e. The number of phenols is 1. The van der Waals surface area contributed by atoms with Crippen molar-refractivity contribution in [1.29, 1.82) is 0 Å². The van der Waals surface area contributed by atoms with E-state index in [1.54, 1.807) is 6.07 Å². The lowest BCUT2D eigenvalue weighted by atomic mass is 10.0. The summed E-state index contributed by atoms with van der Waals surface area (Å²) >= 11 is 3.23. The molecule has 0 saturated carbocycles. The lowest BCUT2D eigenvalue weighted by Crippen LogP contribution is -2.01. The Morgan fingerprint density at radius 2 is 1.76 bits per heavy atom. The Kier molecular flexibility index (Phi) is 3.24. The van der Waals surface area contributed by atoms with Crippen molar-refractivity contribution in [3.63, 3.8) is 0 Å². The van der Waals surface area contributed by atoms with E-state index in [4.69, 9.17) is 0 Å². The highest BCUT2D eigenvalue weighted by Crippen LogP contribution is 2.24. The van der Waals surface area contributed by atoms with Crippen molar-refractivity contribution >= 4 is 21.7 Å². The van der Waals surface area contributed by atoms with Gasteiger partial charge in [-0.25, -0.2) is 4.39 Å². The molecule has 0 amide bonds. The van der Waals surface area contributed by atoms with Crippen molar-refractivity contribution in [1.82, 2.24) is 0 Å². The molecular weight excluding hydrogens is 287 g/mol. The monoisotopic (exact) mass is 294 g/mol. The summed E-state index contributed by atoms with van der Waals surface area (Å²) in [5, 5.41) is 9.61. The molecule has 2 aromatic rings. The van der Waals surface area contributed by atoms with Gasteiger partial charge in [0.1, 0.15) is 11.6 Å². The number of ketones is 1. The first-order chi connectivity index (χ1) is 8.08. The predicted molar refractivity (Wildman–Crippen MR) is 65.6 cm³/mol. The molecule has 0 heterocycles. The Balaban J connectivity index is 2.43. The highest BCUT2D eigenvalue weighted by Gasteiger charge is 2.13. The van der Waals surface area contributed by atoms with Crippen LogP contribution in [0.3, 0.4) is 0 Å². The summed E-state index contributed by atoms with van der Waals surface area (Å²) in [6, 6.07) is 9.79. The van der Waals surface area contributed by atoms with E-state index >= 15 is 0 Å². The third-order valence-electron chi connectivity index (χ3n) is 2.31. The van der Waals surface area contributed by atoms with Gasteiger partial charge in [-0.3, -0.25) is 4.79 Å². The summed E-state index contributed by atoms with van der Waals surface area (Å²) in [6.07, 6.45) is 0. The molecule has 17 heavy (non-hydrogen) atoms. The van der Waals surface area contributed by atoms with Crippen LogP contribution in [0.4, 0.5) is 4.39 Å². The van der Waals surface area contributed by atoms with Crippen LogP contribution in [0.2, 0.25) is 0 Å². The van der Waals surface area contributed by atoms with Crippen LogP contribution in [0.15, 0.2) is 46.9 Å². The Morgan fingerprint density at radius 3 is 2.41 bits per heavy atom. The van der Waals surface area contributed by atoms with Crippen molar-refractivity contribution in [3.05, 3.63) is 63.9 Å². The topological polar surface area (TPSA) is 37.3 Å². The zero-order valence-corrected chi connectivity index (χ0v) is 10.2. The number of aromatic hydroxyl groups is 1. The van der Waals surface area contributed by atoms with E-state index < -0.39 is 5.82 Å². The van der Waals surface area contributed by atoms with Gasteiger partial charge in [0.15, 0.2) is 5.78 Å². The lowest BCUT2D eigenvalue weighted by Gasteiger charge is -2.04. The Bertz CT molecular complexity index is 564. The van der Waals surface area contributed by atoms with Crippen LogP contribution in [0.5, 0.6) is 5.75 Å². The molecule has 0 bridgehead atoms. The summed E-state index contributed by atoms with van der Waals surface area (Å²) in [4.78, 5) is 12.0. The highest BCUT2D eigenvalue weighted by atomic mass is 79.9. The standard InChI is InChI=1S/C13H8BrFO2/c14-9-3-6-12(16)11(7-9)13(17)8-1-4-10(15)5-2-8/h1-7,16H. The Hall–Kier alpha value is -1.68. The third-order valence-corrected chi connectivity index (χ3v) is 2.80. The van der Waals surface area contributed by atoms with Crippen molar-refractivity contribution in [3.8, 4) is 5.75 Å². The van der Waals surface area contributed by atoms with Gasteiger partial charge in [0.2, 0.25) is 0 Å². The minimum atomic E-state index is -0.403. The molecule has 4 heteroatoms. The van der Waals surface area contributed by atoms with Crippen LogP contribution in [-0.2, 0) is 0 Å². The predicted octanol–water partition coefficient (Wildman–Crippen LogP) is 3.52. The lowest BCUT2D eigenvalue weighted by molar-refractivity contribution is 0.103. The van der Waals surface area contributed by atoms with Gasteiger partial charge in [0, 0.05) is 10.0 Å². The van der Waals surface area contributed by atoms with Crippen LogP contribution in [0.1, 0.15) is 15.9 Å². The quantitative estimate of drug-likeness (QED) is 0.861. The number of carbonyl (C=O) groups excluding carboxylic acids is 1. The maximum Gasteiger partial charge on any atom is 0.196 e. The van der Waals surface area contributed by atoms with Crippen molar-refractivity contribution in [2.24, 2.45) is 0 Å². The SMILES string of the molecule is O=C(c1ccc(F)cc1)c1cc(Br)ccc1O. The van der Waals surface area contributed by atoms with Gasteiger partial charge in [0.05, 0.1) is 5.56 Å². The van der Waals surface area contributed by atoms with E-state index in [-0.39, 0.29) is 17.1 Å². The molecule has 2 rings (SSSR count). The number of halogens is 2. The van der Waals surface area contributed by atoms with Gasteiger partial charge in [-0.15, -0.1) is 0 Å².